The first kappa shape index (κ1) is 13.9. The normalized spacial score (nSPS) is 11.9. The zero-order valence-corrected chi connectivity index (χ0v) is 11.7. The molecule has 104 valence electrons. The van der Waals surface area contributed by atoms with E-state index in [1.54, 1.807) is 18.2 Å². The zero-order chi connectivity index (χ0) is 14.7. The van der Waals surface area contributed by atoms with E-state index in [0.717, 1.165) is 5.69 Å². The Balaban J connectivity index is 2.17. The highest BCUT2D eigenvalue weighted by Crippen LogP contribution is 2.25. The minimum atomic E-state index is -0.477. The summed E-state index contributed by atoms with van der Waals surface area (Å²) in [5.74, 6) is -0.477. The summed E-state index contributed by atoms with van der Waals surface area (Å²) in [6, 6.07) is 13.5. The number of benzene rings is 2. The van der Waals surface area contributed by atoms with E-state index in [4.69, 9.17) is 11.5 Å². The molecule has 0 aliphatic heterocycles. The van der Waals surface area contributed by atoms with Crippen molar-refractivity contribution in [3.63, 3.8) is 0 Å². The Kier molecular flexibility index (Phi) is 3.94. The fraction of sp³-hybridized carbons (Fsp3) is 0.188. The van der Waals surface area contributed by atoms with Gasteiger partial charge in [-0.15, -0.1) is 0 Å². The van der Waals surface area contributed by atoms with Gasteiger partial charge in [0.25, 0.3) is 0 Å². The highest BCUT2D eigenvalue weighted by molar-refractivity contribution is 5.94. The highest BCUT2D eigenvalue weighted by Gasteiger charge is 2.09. The number of aryl methyl sites for hydroxylation is 1. The molecule has 2 aromatic carbocycles. The smallest absolute Gasteiger partial charge is 0.248 e. The minimum Gasteiger partial charge on any atom is -0.397 e. The number of nitrogen functional groups attached to an aromatic ring is 1. The summed E-state index contributed by atoms with van der Waals surface area (Å²) < 4.78 is 0. The number of hydrogen-bond acceptors (Lipinski definition) is 3. The highest BCUT2D eigenvalue weighted by atomic mass is 16.1. The fourth-order valence-electron chi connectivity index (χ4n) is 2.02. The average Bonchev–Trinajstić information content (AvgIpc) is 2.41. The van der Waals surface area contributed by atoms with Crippen LogP contribution in [0.15, 0.2) is 42.5 Å². The summed E-state index contributed by atoms with van der Waals surface area (Å²) >= 11 is 0. The minimum absolute atomic E-state index is 0.123. The number of carbonyl (C=O) groups excluding carboxylic acids is 1. The molecule has 4 heteroatoms. The number of primary amides is 1. The first-order valence-electron chi connectivity index (χ1n) is 6.50. The van der Waals surface area contributed by atoms with Crippen molar-refractivity contribution in [2.24, 2.45) is 5.73 Å². The Bertz CT molecular complexity index is 620. The van der Waals surface area contributed by atoms with E-state index < -0.39 is 5.91 Å². The second-order valence-electron chi connectivity index (χ2n) is 4.94. The maximum atomic E-state index is 11.1. The molecule has 0 bridgehead atoms. The lowest BCUT2D eigenvalue weighted by molar-refractivity contribution is 0.100. The molecule has 0 aliphatic carbocycles. The molecule has 5 N–H and O–H groups in total. The topological polar surface area (TPSA) is 81.1 Å². The molecular formula is C16H19N3O. The van der Waals surface area contributed by atoms with Gasteiger partial charge in [0, 0.05) is 11.6 Å². The van der Waals surface area contributed by atoms with Gasteiger partial charge in [0.1, 0.15) is 0 Å². The van der Waals surface area contributed by atoms with Crippen LogP contribution in [0.4, 0.5) is 11.4 Å². The van der Waals surface area contributed by atoms with Gasteiger partial charge in [-0.1, -0.05) is 29.8 Å². The van der Waals surface area contributed by atoms with Crippen molar-refractivity contribution in [1.29, 1.82) is 0 Å². The molecule has 0 saturated carbocycles. The van der Waals surface area contributed by atoms with E-state index in [1.807, 2.05) is 0 Å². The van der Waals surface area contributed by atoms with E-state index in [-0.39, 0.29) is 6.04 Å². The third-order valence-electron chi connectivity index (χ3n) is 3.29. The number of carbonyl (C=O) groups is 1. The van der Waals surface area contributed by atoms with E-state index in [0.29, 0.717) is 11.3 Å². The van der Waals surface area contributed by atoms with Gasteiger partial charge in [-0.2, -0.15) is 0 Å². The Labute approximate surface area is 118 Å². The molecule has 0 saturated heterocycles. The lowest BCUT2D eigenvalue weighted by atomic mass is 10.1. The van der Waals surface area contributed by atoms with Gasteiger partial charge in [0.05, 0.1) is 11.4 Å². The Hall–Kier alpha value is -2.49. The quantitative estimate of drug-likeness (QED) is 0.746. The van der Waals surface area contributed by atoms with Crippen LogP contribution in [0, 0.1) is 6.92 Å². The summed E-state index contributed by atoms with van der Waals surface area (Å²) in [4.78, 5) is 11.1. The van der Waals surface area contributed by atoms with Gasteiger partial charge >= 0.3 is 0 Å². The van der Waals surface area contributed by atoms with Crippen molar-refractivity contribution >= 4 is 17.3 Å². The number of hydrogen-bond donors (Lipinski definition) is 3. The van der Waals surface area contributed by atoms with Crippen LogP contribution in [0.3, 0.4) is 0 Å². The number of rotatable bonds is 4. The van der Waals surface area contributed by atoms with Crippen molar-refractivity contribution in [2.45, 2.75) is 19.9 Å². The number of nitrogens with one attached hydrogen (secondary N) is 1. The van der Waals surface area contributed by atoms with Gasteiger partial charge in [-0.3, -0.25) is 4.79 Å². The van der Waals surface area contributed by atoms with E-state index in [1.165, 1.54) is 11.1 Å². The van der Waals surface area contributed by atoms with E-state index >= 15 is 0 Å². The molecular weight excluding hydrogens is 250 g/mol. The summed E-state index contributed by atoms with van der Waals surface area (Å²) in [7, 11) is 0. The number of anilines is 2. The Morgan fingerprint density at radius 3 is 2.35 bits per heavy atom. The maximum absolute atomic E-state index is 11.1. The molecule has 4 nitrogen and oxygen atoms in total. The predicted octanol–water partition coefficient (Wildman–Crippen LogP) is 2.85. The Morgan fingerprint density at radius 2 is 1.80 bits per heavy atom. The van der Waals surface area contributed by atoms with E-state index in [9.17, 15) is 4.79 Å². The first-order chi connectivity index (χ1) is 9.47. The molecule has 0 radical (unpaired) electrons. The lowest BCUT2D eigenvalue weighted by Gasteiger charge is -2.17. The van der Waals surface area contributed by atoms with Gasteiger partial charge in [-0.05, 0) is 37.6 Å². The van der Waals surface area contributed by atoms with Gasteiger partial charge in [0.2, 0.25) is 5.91 Å². The van der Waals surface area contributed by atoms with Crippen LogP contribution in [-0.2, 0) is 0 Å². The van der Waals surface area contributed by atoms with Crippen LogP contribution in [0.2, 0.25) is 0 Å². The van der Waals surface area contributed by atoms with Crippen molar-refractivity contribution in [3.8, 4) is 0 Å². The van der Waals surface area contributed by atoms with Gasteiger partial charge in [-0.25, -0.2) is 0 Å². The van der Waals surface area contributed by atoms with Crippen LogP contribution < -0.4 is 16.8 Å². The lowest BCUT2D eigenvalue weighted by Crippen LogP contribution is -2.13. The molecule has 0 aliphatic rings. The molecule has 0 heterocycles. The second kappa shape index (κ2) is 5.65. The van der Waals surface area contributed by atoms with Crippen molar-refractivity contribution in [3.05, 3.63) is 59.2 Å². The molecule has 2 rings (SSSR count). The Morgan fingerprint density at radius 1 is 1.15 bits per heavy atom. The van der Waals surface area contributed by atoms with Crippen LogP contribution >= 0.6 is 0 Å². The SMILES string of the molecule is Cc1ccc(C(C)Nc2ccc(C(N)=O)cc2N)cc1. The monoisotopic (exact) mass is 269 g/mol. The molecule has 20 heavy (non-hydrogen) atoms. The first-order valence-corrected chi connectivity index (χ1v) is 6.50. The predicted molar refractivity (Wildman–Crippen MR) is 82.6 cm³/mol. The van der Waals surface area contributed by atoms with Crippen LogP contribution in [0.25, 0.3) is 0 Å². The summed E-state index contributed by atoms with van der Waals surface area (Å²) in [5.41, 5.74) is 15.3. The second-order valence-corrected chi connectivity index (χ2v) is 4.94. The molecule has 0 spiro atoms. The molecule has 1 unspecified atom stereocenters. The zero-order valence-electron chi connectivity index (χ0n) is 11.7. The number of nitrogens with two attached hydrogens (primary N) is 2. The van der Waals surface area contributed by atoms with Crippen molar-refractivity contribution in [1.82, 2.24) is 0 Å². The largest absolute Gasteiger partial charge is 0.397 e. The molecule has 0 aromatic heterocycles. The van der Waals surface area contributed by atoms with Crippen LogP contribution in [-0.4, -0.2) is 5.91 Å². The average molecular weight is 269 g/mol. The van der Waals surface area contributed by atoms with Gasteiger partial charge < -0.3 is 16.8 Å². The molecule has 2 aromatic rings. The third kappa shape index (κ3) is 3.09. The standard InChI is InChI=1S/C16H19N3O/c1-10-3-5-12(6-4-10)11(2)19-15-8-7-13(16(18)20)9-14(15)17/h3-9,11,19H,17H2,1-2H3,(H2,18,20). The summed E-state index contributed by atoms with van der Waals surface area (Å²) in [6.45, 7) is 4.12. The fourth-order valence-corrected chi connectivity index (χ4v) is 2.02. The van der Waals surface area contributed by atoms with E-state index in [2.05, 4.69) is 43.4 Å². The molecule has 1 amide bonds. The summed E-state index contributed by atoms with van der Waals surface area (Å²) in [6.07, 6.45) is 0. The summed E-state index contributed by atoms with van der Waals surface area (Å²) in [5, 5.41) is 3.33. The van der Waals surface area contributed by atoms with Crippen LogP contribution in [0.1, 0.15) is 34.5 Å². The number of amides is 1. The van der Waals surface area contributed by atoms with Crippen LogP contribution in [0.5, 0.6) is 0 Å². The molecule has 0 fully saturated rings. The maximum Gasteiger partial charge on any atom is 0.248 e. The third-order valence-corrected chi connectivity index (χ3v) is 3.29. The molecule has 1 atom stereocenters. The van der Waals surface area contributed by atoms with Crippen molar-refractivity contribution in [2.75, 3.05) is 11.1 Å². The van der Waals surface area contributed by atoms with Gasteiger partial charge in [0.15, 0.2) is 0 Å². The van der Waals surface area contributed by atoms with Crippen molar-refractivity contribution < 1.29 is 4.79 Å².